The van der Waals surface area contributed by atoms with Crippen molar-refractivity contribution >= 4 is 15.5 Å². The van der Waals surface area contributed by atoms with Crippen LogP contribution in [0, 0.1) is 17.2 Å². The van der Waals surface area contributed by atoms with Gasteiger partial charge in [0.05, 0.1) is 34.7 Å². The lowest BCUT2D eigenvalue weighted by molar-refractivity contribution is 0.397. The summed E-state index contributed by atoms with van der Waals surface area (Å²) in [4.78, 5) is 0.258. The zero-order chi connectivity index (χ0) is 17.2. The molecule has 0 radical (unpaired) electrons. The summed E-state index contributed by atoms with van der Waals surface area (Å²) in [5, 5.41) is 16.7. The molecule has 1 aromatic heterocycles. The van der Waals surface area contributed by atoms with E-state index < -0.39 is 9.84 Å². The molecular weight excluding hydrogens is 324 g/mol. The van der Waals surface area contributed by atoms with Gasteiger partial charge in [0.2, 0.25) is 0 Å². The van der Waals surface area contributed by atoms with Crippen LogP contribution < -0.4 is 5.32 Å². The van der Waals surface area contributed by atoms with E-state index in [9.17, 15) is 8.42 Å². The average Bonchev–Trinajstić information content (AvgIpc) is 3.03. The lowest BCUT2D eigenvalue weighted by Crippen LogP contribution is -2.25. The molecule has 1 fully saturated rings. The number of nitrogens with one attached hydrogen (secondary N) is 1. The second-order valence-corrected chi connectivity index (χ2v) is 8.22. The van der Waals surface area contributed by atoms with E-state index in [-0.39, 0.29) is 10.8 Å². The minimum Gasteiger partial charge on any atom is -0.380 e. The summed E-state index contributed by atoms with van der Waals surface area (Å²) in [6, 6.07) is 9.49. The van der Waals surface area contributed by atoms with Crippen molar-refractivity contribution in [1.29, 1.82) is 5.26 Å². The Hall–Kier alpha value is -2.33. The van der Waals surface area contributed by atoms with Crippen LogP contribution in [0.1, 0.15) is 25.7 Å². The molecule has 1 aromatic carbocycles. The zero-order valence-corrected chi connectivity index (χ0v) is 14.3. The Balaban J connectivity index is 1.77. The lowest BCUT2D eigenvalue weighted by atomic mass is 9.87. The Morgan fingerprint density at radius 3 is 2.62 bits per heavy atom. The SMILES string of the molecule is CS(=O)(=O)c1ccccc1-n1cc(NC2CCC(C#N)CC2)cn1. The van der Waals surface area contributed by atoms with Gasteiger partial charge >= 0.3 is 0 Å². The van der Waals surface area contributed by atoms with Gasteiger partial charge in [0.25, 0.3) is 0 Å². The van der Waals surface area contributed by atoms with Gasteiger partial charge in [0, 0.05) is 18.2 Å². The predicted octanol–water partition coefficient (Wildman–Crippen LogP) is 2.77. The van der Waals surface area contributed by atoms with Gasteiger partial charge < -0.3 is 5.32 Å². The molecule has 1 saturated carbocycles. The van der Waals surface area contributed by atoms with Crippen LogP contribution in [-0.4, -0.2) is 30.5 Å². The number of benzene rings is 1. The zero-order valence-electron chi connectivity index (χ0n) is 13.5. The number of sulfone groups is 1. The average molecular weight is 344 g/mol. The van der Waals surface area contributed by atoms with Crippen molar-refractivity contribution < 1.29 is 8.42 Å². The highest BCUT2D eigenvalue weighted by atomic mass is 32.2. The summed E-state index contributed by atoms with van der Waals surface area (Å²) < 4.78 is 25.4. The summed E-state index contributed by atoms with van der Waals surface area (Å²) in [6.45, 7) is 0. The van der Waals surface area contributed by atoms with Crippen LogP contribution in [-0.2, 0) is 9.84 Å². The molecule has 0 spiro atoms. The van der Waals surface area contributed by atoms with E-state index in [1.54, 1.807) is 41.3 Å². The third-order valence-electron chi connectivity index (χ3n) is 4.37. The van der Waals surface area contributed by atoms with Crippen molar-refractivity contribution in [3.05, 3.63) is 36.7 Å². The molecule has 3 rings (SSSR count). The second-order valence-electron chi connectivity index (χ2n) is 6.24. The Morgan fingerprint density at radius 1 is 1.25 bits per heavy atom. The molecule has 0 unspecified atom stereocenters. The van der Waals surface area contributed by atoms with Gasteiger partial charge in [-0.15, -0.1) is 0 Å². The van der Waals surface area contributed by atoms with Gasteiger partial charge in [0.1, 0.15) is 0 Å². The first-order valence-electron chi connectivity index (χ1n) is 7.97. The molecule has 7 heteroatoms. The molecule has 126 valence electrons. The maximum atomic E-state index is 11.9. The Morgan fingerprint density at radius 2 is 1.96 bits per heavy atom. The maximum absolute atomic E-state index is 11.9. The number of rotatable bonds is 4. The van der Waals surface area contributed by atoms with Crippen LogP contribution in [0.5, 0.6) is 0 Å². The second kappa shape index (κ2) is 6.65. The number of para-hydroxylation sites is 1. The topological polar surface area (TPSA) is 87.8 Å². The molecule has 1 N–H and O–H groups in total. The number of anilines is 1. The van der Waals surface area contributed by atoms with E-state index in [1.165, 1.54) is 6.26 Å². The molecule has 0 atom stereocenters. The minimum absolute atomic E-state index is 0.174. The third kappa shape index (κ3) is 3.60. The minimum atomic E-state index is -3.32. The van der Waals surface area contributed by atoms with Crippen LogP contribution in [0.2, 0.25) is 0 Å². The van der Waals surface area contributed by atoms with Gasteiger partial charge in [-0.2, -0.15) is 10.4 Å². The first-order valence-corrected chi connectivity index (χ1v) is 9.87. The fourth-order valence-corrected chi connectivity index (χ4v) is 3.96. The van der Waals surface area contributed by atoms with E-state index in [2.05, 4.69) is 16.5 Å². The van der Waals surface area contributed by atoms with E-state index in [0.717, 1.165) is 31.4 Å². The summed E-state index contributed by atoms with van der Waals surface area (Å²) in [7, 11) is -3.32. The number of nitriles is 1. The van der Waals surface area contributed by atoms with Crippen molar-refractivity contribution in [3.63, 3.8) is 0 Å². The molecule has 2 aromatic rings. The molecule has 24 heavy (non-hydrogen) atoms. The standard InChI is InChI=1S/C17H20N4O2S/c1-24(22,23)17-5-3-2-4-16(17)21-12-15(11-19-21)20-14-8-6-13(10-18)7-9-14/h2-5,11-14,20H,6-9H2,1H3. The highest BCUT2D eigenvalue weighted by molar-refractivity contribution is 7.90. The van der Waals surface area contributed by atoms with Gasteiger partial charge in [-0.1, -0.05) is 12.1 Å². The Kier molecular flexibility index (Phi) is 4.58. The molecule has 0 amide bonds. The normalized spacial score (nSPS) is 21.2. The fourth-order valence-electron chi connectivity index (χ4n) is 3.09. The van der Waals surface area contributed by atoms with Crippen molar-refractivity contribution in [3.8, 4) is 11.8 Å². The van der Waals surface area contributed by atoms with Crippen molar-refractivity contribution in [2.24, 2.45) is 5.92 Å². The fraction of sp³-hybridized carbons (Fsp3) is 0.412. The van der Waals surface area contributed by atoms with Gasteiger partial charge in [-0.05, 0) is 37.8 Å². The summed E-state index contributed by atoms with van der Waals surface area (Å²) >= 11 is 0. The van der Waals surface area contributed by atoms with Gasteiger partial charge in [-0.25, -0.2) is 13.1 Å². The summed E-state index contributed by atoms with van der Waals surface area (Å²) in [5.74, 6) is 0.174. The molecule has 1 aliphatic rings. The highest BCUT2D eigenvalue weighted by Gasteiger charge is 2.21. The largest absolute Gasteiger partial charge is 0.380 e. The molecular formula is C17H20N4O2S. The van der Waals surface area contributed by atoms with Crippen molar-refractivity contribution in [1.82, 2.24) is 9.78 Å². The van der Waals surface area contributed by atoms with E-state index in [1.807, 2.05) is 0 Å². The van der Waals surface area contributed by atoms with Crippen LogP contribution in [0.25, 0.3) is 5.69 Å². The number of nitrogens with zero attached hydrogens (tertiary/aromatic N) is 3. The highest BCUT2D eigenvalue weighted by Crippen LogP contribution is 2.26. The first-order chi connectivity index (χ1) is 11.5. The summed E-state index contributed by atoms with van der Waals surface area (Å²) in [5.41, 5.74) is 1.40. The van der Waals surface area contributed by atoms with Crippen LogP contribution in [0.4, 0.5) is 5.69 Å². The molecule has 0 saturated heterocycles. The third-order valence-corrected chi connectivity index (χ3v) is 5.52. The maximum Gasteiger partial charge on any atom is 0.177 e. The lowest BCUT2D eigenvalue weighted by Gasteiger charge is -2.25. The molecule has 0 aliphatic heterocycles. The molecule has 0 bridgehead atoms. The van der Waals surface area contributed by atoms with E-state index in [4.69, 9.17) is 5.26 Å². The van der Waals surface area contributed by atoms with Crippen LogP contribution >= 0.6 is 0 Å². The van der Waals surface area contributed by atoms with E-state index >= 15 is 0 Å². The Bertz CT molecular complexity index is 859. The van der Waals surface area contributed by atoms with Crippen molar-refractivity contribution in [2.45, 2.75) is 36.6 Å². The van der Waals surface area contributed by atoms with Crippen LogP contribution in [0.3, 0.4) is 0 Å². The number of aromatic nitrogens is 2. The van der Waals surface area contributed by atoms with Gasteiger partial charge in [-0.3, -0.25) is 0 Å². The number of hydrogen-bond acceptors (Lipinski definition) is 5. The smallest absolute Gasteiger partial charge is 0.177 e. The Labute approximate surface area is 142 Å². The molecule has 1 aliphatic carbocycles. The first kappa shape index (κ1) is 16.5. The van der Waals surface area contributed by atoms with Gasteiger partial charge in [0.15, 0.2) is 9.84 Å². The van der Waals surface area contributed by atoms with E-state index in [0.29, 0.717) is 11.7 Å². The molecule has 1 heterocycles. The molecule has 6 nitrogen and oxygen atoms in total. The monoisotopic (exact) mass is 344 g/mol. The predicted molar refractivity (Wildman–Crippen MR) is 91.7 cm³/mol. The quantitative estimate of drug-likeness (QED) is 0.921. The van der Waals surface area contributed by atoms with Crippen LogP contribution in [0.15, 0.2) is 41.6 Å². The van der Waals surface area contributed by atoms with Crippen molar-refractivity contribution in [2.75, 3.05) is 11.6 Å². The number of hydrogen-bond donors (Lipinski definition) is 1. The summed E-state index contributed by atoms with van der Waals surface area (Å²) in [6.07, 6.45) is 8.46.